The summed E-state index contributed by atoms with van der Waals surface area (Å²) >= 11 is 0. The Bertz CT molecular complexity index is 1090. The number of nitrogens with zero attached hydrogens (tertiary/aromatic N) is 3. The standard InChI is InChI=1S/C25H33N5O2/c1-26-25(31)19-4-2-3-18(11-19)23-5-6-24(29-28-23)27-22-12-20-15-30(16-21(20)13-22)14-17-7-9-32-10-8-17/h2-6,11,17,20-22H,7-10,12-16H2,1H3,(H,26,31)(H,27,29)/t20-,21+,22?/i1D3,14D2. The van der Waals surface area contributed by atoms with Gasteiger partial charge < -0.3 is 20.3 Å². The summed E-state index contributed by atoms with van der Waals surface area (Å²) in [6.45, 7) is -0.923. The van der Waals surface area contributed by atoms with Crippen LogP contribution in [0.4, 0.5) is 5.82 Å². The van der Waals surface area contributed by atoms with E-state index in [0.717, 1.165) is 38.8 Å². The molecule has 7 nitrogen and oxygen atoms in total. The zero-order chi connectivity index (χ0) is 26.2. The maximum Gasteiger partial charge on any atom is 0.251 e. The van der Waals surface area contributed by atoms with Gasteiger partial charge >= 0.3 is 0 Å². The van der Waals surface area contributed by atoms with Crippen LogP contribution >= 0.6 is 0 Å². The lowest BCUT2D eigenvalue weighted by atomic mass is 10.00. The molecule has 3 aliphatic rings. The molecule has 1 amide bonds. The molecule has 7 heteroatoms. The van der Waals surface area contributed by atoms with E-state index in [9.17, 15) is 4.79 Å². The zero-order valence-electron chi connectivity index (χ0n) is 23.1. The van der Waals surface area contributed by atoms with Crippen molar-refractivity contribution in [3.8, 4) is 11.3 Å². The van der Waals surface area contributed by atoms with Gasteiger partial charge in [0.05, 0.1) is 5.69 Å². The summed E-state index contributed by atoms with van der Waals surface area (Å²) in [6, 6.07) is 10.6. The molecule has 2 aromatic rings. The zero-order valence-corrected chi connectivity index (χ0v) is 18.1. The van der Waals surface area contributed by atoms with Gasteiger partial charge in [0.15, 0.2) is 0 Å². The molecular formula is C25H33N5O2. The Kier molecular flexibility index (Phi) is 4.82. The average Bonchev–Trinajstić information content (AvgIpc) is 3.43. The minimum absolute atomic E-state index is 0.0411. The summed E-state index contributed by atoms with van der Waals surface area (Å²) < 4.78 is 44.6. The van der Waals surface area contributed by atoms with Crippen LogP contribution in [0.5, 0.6) is 0 Å². The first-order valence-electron chi connectivity index (χ1n) is 13.9. The van der Waals surface area contributed by atoms with Crippen LogP contribution in [-0.2, 0) is 4.74 Å². The molecule has 0 radical (unpaired) electrons. The number of nitrogens with one attached hydrogen (secondary N) is 2. The molecule has 2 aliphatic heterocycles. The minimum Gasteiger partial charge on any atom is -0.381 e. The Morgan fingerprint density at radius 2 is 2.00 bits per heavy atom. The van der Waals surface area contributed by atoms with Gasteiger partial charge in [-0.3, -0.25) is 4.79 Å². The highest BCUT2D eigenvalue weighted by Crippen LogP contribution is 2.39. The lowest BCUT2D eigenvalue weighted by molar-refractivity contribution is 0.0545. The van der Waals surface area contributed by atoms with Gasteiger partial charge in [-0.1, -0.05) is 12.1 Å². The lowest BCUT2D eigenvalue weighted by Gasteiger charge is -2.27. The number of hydrogen-bond acceptors (Lipinski definition) is 6. The molecular weight excluding hydrogens is 402 g/mol. The van der Waals surface area contributed by atoms with Gasteiger partial charge in [-0.25, -0.2) is 0 Å². The minimum atomic E-state index is -2.55. The third-order valence-corrected chi connectivity index (χ3v) is 6.89. The lowest BCUT2D eigenvalue weighted by Crippen LogP contribution is -2.32. The van der Waals surface area contributed by atoms with E-state index < -0.39 is 19.4 Å². The average molecular weight is 441 g/mol. The maximum absolute atomic E-state index is 12.2. The molecule has 3 heterocycles. The maximum atomic E-state index is 12.2. The molecule has 0 spiro atoms. The molecule has 1 aromatic heterocycles. The molecule has 0 bridgehead atoms. The van der Waals surface area contributed by atoms with E-state index in [0.29, 0.717) is 42.1 Å². The Balaban J connectivity index is 1.16. The number of amides is 1. The van der Waals surface area contributed by atoms with Crippen molar-refractivity contribution in [1.29, 1.82) is 0 Å². The molecule has 1 aliphatic carbocycles. The van der Waals surface area contributed by atoms with E-state index >= 15 is 0 Å². The first kappa shape index (κ1) is 16.2. The third kappa shape index (κ3) is 4.79. The van der Waals surface area contributed by atoms with Crippen molar-refractivity contribution in [3.63, 3.8) is 0 Å². The Morgan fingerprint density at radius 3 is 2.72 bits per heavy atom. The molecule has 32 heavy (non-hydrogen) atoms. The molecule has 1 aromatic carbocycles. The van der Waals surface area contributed by atoms with Crippen molar-refractivity contribution in [1.82, 2.24) is 20.4 Å². The smallest absolute Gasteiger partial charge is 0.251 e. The number of fused-ring (bicyclic) bond motifs is 1. The third-order valence-electron chi connectivity index (χ3n) is 6.89. The molecule has 1 saturated carbocycles. The van der Waals surface area contributed by atoms with Crippen LogP contribution in [0.1, 0.15) is 42.9 Å². The van der Waals surface area contributed by atoms with Gasteiger partial charge in [0, 0.05) is 63.8 Å². The van der Waals surface area contributed by atoms with Crippen molar-refractivity contribution < 1.29 is 16.4 Å². The van der Waals surface area contributed by atoms with Crippen LogP contribution in [0.25, 0.3) is 11.3 Å². The summed E-state index contributed by atoms with van der Waals surface area (Å²) in [6.07, 6.45) is 3.54. The SMILES string of the molecule is [2H]C([2H])([2H])NC(=O)c1cccc(-c2ccc(NC3C[C@@H]4CN(C([2H])([2H])C5CCOCC5)C[C@@H]4C3)nn2)c1. The molecule has 170 valence electrons. The van der Waals surface area contributed by atoms with E-state index in [4.69, 9.17) is 11.6 Å². The van der Waals surface area contributed by atoms with Crippen LogP contribution in [0.15, 0.2) is 36.4 Å². The Morgan fingerprint density at radius 1 is 1.19 bits per heavy atom. The highest BCUT2D eigenvalue weighted by atomic mass is 16.5. The first-order valence-corrected chi connectivity index (χ1v) is 11.4. The fraction of sp³-hybridized carbons (Fsp3) is 0.560. The van der Waals surface area contributed by atoms with E-state index in [1.165, 1.54) is 0 Å². The molecule has 2 saturated heterocycles. The molecule has 1 unspecified atom stereocenters. The number of aromatic nitrogens is 2. The van der Waals surface area contributed by atoms with E-state index in [-0.39, 0.29) is 17.5 Å². The monoisotopic (exact) mass is 440 g/mol. The molecule has 2 N–H and O–H groups in total. The predicted octanol–water partition coefficient (Wildman–Crippen LogP) is 3.05. The van der Waals surface area contributed by atoms with Crippen molar-refractivity contribution in [3.05, 3.63) is 42.0 Å². The number of benzene rings is 1. The van der Waals surface area contributed by atoms with Gasteiger partial charge in [-0.15, -0.1) is 10.2 Å². The number of ether oxygens (including phenoxy) is 1. The van der Waals surface area contributed by atoms with Crippen LogP contribution in [0, 0.1) is 17.8 Å². The quantitative estimate of drug-likeness (QED) is 0.719. The highest BCUT2D eigenvalue weighted by Gasteiger charge is 2.41. The summed E-state index contributed by atoms with van der Waals surface area (Å²) in [7, 11) is 0. The van der Waals surface area contributed by atoms with Crippen molar-refractivity contribution >= 4 is 11.7 Å². The van der Waals surface area contributed by atoms with Gasteiger partial charge in [0.1, 0.15) is 5.82 Å². The highest BCUT2D eigenvalue weighted by molar-refractivity contribution is 5.95. The molecule has 3 fully saturated rings. The van der Waals surface area contributed by atoms with Crippen molar-refractivity contribution in [2.75, 3.05) is 45.1 Å². The number of likely N-dealkylation sites (tertiary alicyclic amines) is 1. The fourth-order valence-corrected chi connectivity index (χ4v) is 5.27. The molecule has 5 rings (SSSR count). The number of rotatable bonds is 6. The van der Waals surface area contributed by atoms with E-state index in [2.05, 4.69) is 20.4 Å². The first-order chi connectivity index (χ1) is 17.6. The van der Waals surface area contributed by atoms with E-state index in [1.807, 2.05) is 17.4 Å². The second-order valence-corrected chi connectivity index (χ2v) is 9.09. The van der Waals surface area contributed by atoms with Gasteiger partial charge in [0.25, 0.3) is 5.91 Å². The number of anilines is 1. The van der Waals surface area contributed by atoms with E-state index in [1.54, 1.807) is 24.3 Å². The largest absolute Gasteiger partial charge is 0.381 e. The van der Waals surface area contributed by atoms with Gasteiger partial charge in [0.2, 0.25) is 0 Å². The van der Waals surface area contributed by atoms with Crippen LogP contribution in [0.3, 0.4) is 0 Å². The van der Waals surface area contributed by atoms with Gasteiger partial charge in [-0.05, 0) is 67.7 Å². The summed E-state index contributed by atoms with van der Waals surface area (Å²) in [5, 5.41) is 14.1. The Hall–Kier alpha value is -2.51. The Labute approximate surface area is 197 Å². The topological polar surface area (TPSA) is 79.4 Å². The van der Waals surface area contributed by atoms with Crippen molar-refractivity contribution in [2.24, 2.45) is 17.8 Å². The summed E-state index contributed by atoms with van der Waals surface area (Å²) in [5.41, 5.74) is 1.50. The summed E-state index contributed by atoms with van der Waals surface area (Å²) in [5.74, 6) is 1.00. The second kappa shape index (κ2) is 9.55. The fourth-order valence-electron chi connectivity index (χ4n) is 5.27. The van der Waals surface area contributed by atoms with Crippen LogP contribution in [0.2, 0.25) is 0 Å². The van der Waals surface area contributed by atoms with Crippen molar-refractivity contribution in [2.45, 2.75) is 31.7 Å². The number of carbonyl (C=O) groups excluding carboxylic acids is 1. The predicted molar refractivity (Wildman–Crippen MR) is 124 cm³/mol. The number of hydrogen-bond donors (Lipinski definition) is 2. The summed E-state index contributed by atoms with van der Waals surface area (Å²) in [4.78, 5) is 14.2. The number of carbonyl (C=O) groups is 1. The molecule has 3 atom stereocenters. The normalized spacial score (nSPS) is 29.2. The second-order valence-electron chi connectivity index (χ2n) is 9.09. The van der Waals surface area contributed by atoms with Crippen LogP contribution in [-0.4, -0.2) is 66.8 Å². The van der Waals surface area contributed by atoms with Gasteiger partial charge in [-0.2, -0.15) is 0 Å². The van der Waals surface area contributed by atoms with Crippen LogP contribution < -0.4 is 10.6 Å².